The molecule has 26 heavy (non-hydrogen) atoms. The van der Waals surface area contributed by atoms with E-state index in [-0.39, 0.29) is 18.2 Å². The molecule has 3 aromatic rings. The predicted molar refractivity (Wildman–Crippen MR) is 108 cm³/mol. The quantitative estimate of drug-likeness (QED) is 0.460. The van der Waals surface area contributed by atoms with Crippen LogP contribution in [-0.4, -0.2) is 4.98 Å². The number of hydrogen-bond donors (Lipinski definition) is 4. The number of ether oxygens (including phenoxy) is 1. The van der Waals surface area contributed by atoms with Crippen molar-refractivity contribution in [2.24, 2.45) is 0 Å². The molecule has 0 atom stereocenters. The number of rotatable bonds is 6. The lowest BCUT2D eigenvalue weighted by atomic mass is 10.2. The molecule has 0 spiro atoms. The SMILES string of the molecule is Nc1cc(OCc2ccccc2Cl)c(NNc2ccc(Cl)cc2)c(N)n1. The van der Waals surface area contributed by atoms with Crippen molar-refractivity contribution in [3.8, 4) is 5.75 Å². The van der Waals surface area contributed by atoms with E-state index in [1.54, 1.807) is 24.3 Å². The lowest BCUT2D eigenvalue weighted by Gasteiger charge is -2.17. The second-order valence-corrected chi connectivity index (χ2v) is 6.29. The van der Waals surface area contributed by atoms with Gasteiger partial charge in [-0.05, 0) is 30.3 Å². The first kappa shape index (κ1) is 18.0. The van der Waals surface area contributed by atoms with Gasteiger partial charge in [-0.1, -0.05) is 41.4 Å². The largest absolute Gasteiger partial charge is 0.486 e. The maximum atomic E-state index is 6.17. The molecular weight excluding hydrogens is 373 g/mol. The molecule has 0 unspecified atom stereocenters. The average Bonchev–Trinajstić information content (AvgIpc) is 2.61. The summed E-state index contributed by atoms with van der Waals surface area (Å²) in [5.74, 6) is 0.922. The molecule has 0 amide bonds. The van der Waals surface area contributed by atoms with Gasteiger partial charge >= 0.3 is 0 Å². The highest BCUT2D eigenvalue weighted by Crippen LogP contribution is 2.32. The molecule has 0 aliphatic rings. The number of nitrogen functional groups attached to an aromatic ring is 2. The van der Waals surface area contributed by atoms with Crippen LogP contribution in [0.5, 0.6) is 5.75 Å². The Morgan fingerprint density at radius 3 is 2.42 bits per heavy atom. The third-order valence-corrected chi connectivity index (χ3v) is 4.17. The van der Waals surface area contributed by atoms with Crippen LogP contribution in [0, 0.1) is 0 Å². The summed E-state index contributed by atoms with van der Waals surface area (Å²) in [6.45, 7) is 0.262. The molecule has 0 radical (unpaired) electrons. The molecule has 0 bridgehead atoms. The Morgan fingerprint density at radius 1 is 0.962 bits per heavy atom. The average molecular weight is 390 g/mol. The van der Waals surface area contributed by atoms with E-state index in [1.165, 1.54) is 0 Å². The molecule has 0 saturated heterocycles. The topological polar surface area (TPSA) is 98.2 Å². The molecular formula is C18H17Cl2N5O. The number of nitrogens with one attached hydrogen (secondary N) is 2. The summed E-state index contributed by atoms with van der Waals surface area (Å²) in [5.41, 5.74) is 19.9. The highest BCUT2D eigenvalue weighted by atomic mass is 35.5. The standard InChI is InChI=1S/C18H17Cl2N5O/c19-12-5-7-13(8-6-12)24-25-17-15(9-16(21)23-18(17)22)26-10-11-3-1-2-4-14(11)20/h1-9,24-25H,10H2,(H4,21,22,23). The number of nitrogens with zero attached hydrogens (tertiary/aromatic N) is 1. The smallest absolute Gasteiger partial charge is 0.154 e. The molecule has 0 saturated carbocycles. The molecule has 0 fully saturated rings. The molecule has 0 aliphatic heterocycles. The third kappa shape index (κ3) is 4.41. The Bertz CT molecular complexity index is 903. The molecule has 2 aromatic carbocycles. The minimum atomic E-state index is 0.209. The molecule has 1 heterocycles. The Kier molecular flexibility index (Phi) is 5.55. The van der Waals surface area contributed by atoms with Crippen LogP contribution in [-0.2, 0) is 6.61 Å². The second-order valence-electron chi connectivity index (χ2n) is 5.44. The molecule has 134 valence electrons. The summed E-state index contributed by atoms with van der Waals surface area (Å²) in [4.78, 5) is 4.06. The van der Waals surface area contributed by atoms with Crippen LogP contribution in [0.15, 0.2) is 54.6 Å². The van der Waals surface area contributed by atoms with Gasteiger partial charge in [0, 0.05) is 21.7 Å². The minimum absolute atomic E-state index is 0.209. The number of hydrazine groups is 1. The number of nitrogens with two attached hydrogens (primary N) is 2. The van der Waals surface area contributed by atoms with Crippen LogP contribution < -0.4 is 27.1 Å². The molecule has 8 heteroatoms. The van der Waals surface area contributed by atoms with Crippen molar-refractivity contribution in [2.75, 3.05) is 22.3 Å². The number of anilines is 4. The number of pyridine rings is 1. The van der Waals surface area contributed by atoms with Crippen LogP contribution >= 0.6 is 23.2 Å². The van der Waals surface area contributed by atoms with Crippen LogP contribution in [0.2, 0.25) is 10.0 Å². The van der Waals surface area contributed by atoms with E-state index < -0.39 is 0 Å². The van der Waals surface area contributed by atoms with E-state index >= 15 is 0 Å². The second kappa shape index (κ2) is 8.03. The van der Waals surface area contributed by atoms with Gasteiger partial charge in [0.15, 0.2) is 11.6 Å². The first-order valence-electron chi connectivity index (χ1n) is 7.72. The Hall–Kier alpha value is -2.83. The van der Waals surface area contributed by atoms with Crippen molar-refractivity contribution in [2.45, 2.75) is 6.61 Å². The van der Waals surface area contributed by atoms with E-state index in [2.05, 4.69) is 15.8 Å². The van der Waals surface area contributed by atoms with Gasteiger partial charge in [0.25, 0.3) is 0 Å². The van der Waals surface area contributed by atoms with Crippen molar-refractivity contribution >= 4 is 46.2 Å². The first-order valence-corrected chi connectivity index (χ1v) is 8.48. The van der Waals surface area contributed by atoms with Gasteiger partial charge in [-0.15, -0.1) is 0 Å². The van der Waals surface area contributed by atoms with Crippen molar-refractivity contribution in [3.05, 3.63) is 70.2 Å². The van der Waals surface area contributed by atoms with Crippen LogP contribution in [0.3, 0.4) is 0 Å². The fourth-order valence-electron chi connectivity index (χ4n) is 2.24. The highest BCUT2D eigenvalue weighted by Gasteiger charge is 2.12. The normalized spacial score (nSPS) is 10.4. The number of aromatic nitrogens is 1. The van der Waals surface area contributed by atoms with Gasteiger partial charge in [0.1, 0.15) is 18.1 Å². The van der Waals surface area contributed by atoms with Crippen molar-refractivity contribution in [1.29, 1.82) is 0 Å². The van der Waals surface area contributed by atoms with Gasteiger partial charge in [-0.2, -0.15) is 0 Å². The van der Waals surface area contributed by atoms with Gasteiger partial charge < -0.3 is 21.6 Å². The number of benzene rings is 2. The molecule has 6 nitrogen and oxygen atoms in total. The summed E-state index contributed by atoms with van der Waals surface area (Å²) >= 11 is 12.1. The fraction of sp³-hybridized carbons (Fsp3) is 0.0556. The Balaban J connectivity index is 1.78. The third-order valence-electron chi connectivity index (χ3n) is 3.55. The zero-order chi connectivity index (χ0) is 18.5. The van der Waals surface area contributed by atoms with Crippen molar-refractivity contribution in [3.63, 3.8) is 0 Å². The molecule has 3 rings (SSSR count). The zero-order valence-corrected chi connectivity index (χ0v) is 15.2. The van der Waals surface area contributed by atoms with E-state index in [0.29, 0.717) is 21.5 Å². The van der Waals surface area contributed by atoms with Crippen molar-refractivity contribution < 1.29 is 4.74 Å². The summed E-state index contributed by atoms with van der Waals surface area (Å²) in [6, 6.07) is 16.2. The van der Waals surface area contributed by atoms with Gasteiger partial charge in [-0.3, -0.25) is 5.43 Å². The van der Waals surface area contributed by atoms with E-state index in [1.807, 2.05) is 30.3 Å². The summed E-state index contributed by atoms with van der Waals surface area (Å²) in [5, 5.41) is 1.27. The van der Waals surface area contributed by atoms with Gasteiger partial charge in [-0.25, -0.2) is 4.98 Å². The van der Waals surface area contributed by atoms with Crippen LogP contribution in [0.25, 0.3) is 0 Å². The zero-order valence-electron chi connectivity index (χ0n) is 13.7. The molecule has 0 aliphatic carbocycles. The van der Waals surface area contributed by atoms with Crippen LogP contribution in [0.4, 0.5) is 23.0 Å². The monoisotopic (exact) mass is 389 g/mol. The summed E-state index contributed by atoms with van der Waals surface area (Å²) < 4.78 is 5.87. The Morgan fingerprint density at radius 2 is 1.69 bits per heavy atom. The van der Waals surface area contributed by atoms with E-state index in [9.17, 15) is 0 Å². The predicted octanol–water partition coefficient (Wildman–Crippen LogP) is 4.57. The van der Waals surface area contributed by atoms with Crippen LogP contribution in [0.1, 0.15) is 5.56 Å². The summed E-state index contributed by atoms with van der Waals surface area (Å²) in [7, 11) is 0. The van der Waals surface area contributed by atoms with Gasteiger partial charge in [0.05, 0.1) is 5.69 Å². The first-order chi connectivity index (χ1) is 12.5. The maximum absolute atomic E-state index is 6.17. The van der Waals surface area contributed by atoms with Crippen molar-refractivity contribution in [1.82, 2.24) is 4.98 Å². The van der Waals surface area contributed by atoms with Gasteiger partial charge in [0.2, 0.25) is 0 Å². The van der Waals surface area contributed by atoms with E-state index in [4.69, 9.17) is 39.4 Å². The molecule has 1 aromatic heterocycles. The summed E-state index contributed by atoms with van der Waals surface area (Å²) in [6.07, 6.45) is 0. The fourth-order valence-corrected chi connectivity index (χ4v) is 2.55. The number of halogens is 2. The maximum Gasteiger partial charge on any atom is 0.154 e. The lowest BCUT2D eigenvalue weighted by Crippen LogP contribution is -2.13. The number of hydrogen-bond acceptors (Lipinski definition) is 6. The van der Waals surface area contributed by atoms with E-state index in [0.717, 1.165) is 11.3 Å². The minimum Gasteiger partial charge on any atom is -0.486 e. The lowest BCUT2D eigenvalue weighted by molar-refractivity contribution is 0.308. The highest BCUT2D eigenvalue weighted by molar-refractivity contribution is 6.31. The molecule has 6 N–H and O–H groups in total. The Labute approximate surface area is 161 Å².